The van der Waals surface area contributed by atoms with Gasteiger partial charge in [0.2, 0.25) is 11.8 Å². The molecule has 0 radical (unpaired) electrons. The minimum Gasteiger partial charge on any atom is -0.382 e. The van der Waals surface area contributed by atoms with Crippen LogP contribution in [0.15, 0.2) is 18.2 Å². The second-order valence-electron chi connectivity index (χ2n) is 4.19. The first-order valence-electron chi connectivity index (χ1n) is 5.99. The van der Waals surface area contributed by atoms with Crippen molar-refractivity contribution in [3.8, 4) is 0 Å². The van der Waals surface area contributed by atoms with Crippen LogP contribution in [0.2, 0.25) is 0 Å². The molecule has 0 aliphatic heterocycles. The van der Waals surface area contributed by atoms with Crippen LogP contribution < -0.4 is 16.8 Å². The van der Waals surface area contributed by atoms with Gasteiger partial charge in [-0.1, -0.05) is 13.8 Å². The summed E-state index contributed by atoms with van der Waals surface area (Å²) in [5.41, 5.74) is 11.7. The zero-order chi connectivity index (χ0) is 13.7. The van der Waals surface area contributed by atoms with E-state index in [0.29, 0.717) is 5.69 Å². The average Bonchev–Trinajstić information content (AvgIpc) is 2.35. The van der Waals surface area contributed by atoms with Gasteiger partial charge in [0.05, 0.1) is 0 Å². The Labute approximate surface area is 107 Å². The third-order valence-corrected chi connectivity index (χ3v) is 2.86. The Balaban J connectivity index is 3.10. The maximum absolute atomic E-state index is 11.2. The number of carbonyl (C=O) groups is 2. The Kier molecular flexibility index (Phi) is 4.71. The fourth-order valence-electron chi connectivity index (χ4n) is 1.72. The maximum Gasteiger partial charge on any atom is 0.248 e. The number of hydrogen-bond donors (Lipinski definition) is 3. The Morgan fingerprint density at radius 3 is 1.83 bits per heavy atom. The van der Waals surface area contributed by atoms with E-state index in [0.717, 1.165) is 12.8 Å². The minimum absolute atomic E-state index is 0.278. The van der Waals surface area contributed by atoms with E-state index in [4.69, 9.17) is 11.5 Å². The normalized spacial score (nSPS) is 10.4. The van der Waals surface area contributed by atoms with Crippen molar-refractivity contribution >= 4 is 17.5 Å². The zero-order valence-corrected chi connectivity index (χ0v) is 10.7. The molecule has 1 aromatic carbocycles. The summed E-state index contributed by atoms with van der Waals surface area (Å²) in [5.74, 6) is -1.16. The Morgan fingerprint density at radius 1 is 1.06 bits per heavy atom. The number of benzene rings is 1. The van der Waals surface area contributed by atoms with E-state index in [-0.39, 0.29) is 17.2 Å². The summed E-state index contributed by atoms with van der Waals surface area (Å²) in [6, 6.07) is 4.96. The van der Waals surface area contributed by atoms with Gasteiger partial charge in [0.15, 0.2) is 0 Å². The first-order chi connectivity index (χ1) is 8.47. The van der Waals surface area contributed by atoms with Gasteiger partial charge in [0, 0.05) is 22.9 Å². The zero-order valence-electron chi connectivity index (χ0n) is 10.7. The summed E-state index contributed by atoms with van der Waals surface area (Å²) in [6.45, 7) is 4.13. The van der Waals surface area contributed by atoms with Gasteiger partial charge in [-0.3, -0.25) is 9.59 Å². The topological polar surface area (TPSA) is 98.2 Å². The number of anilines is 1. The van der Waals surface area contributed by atoms with Crippen molar-refractivity contribution < 1.29 is 9.59 Å². The van der Waals surface area contributed by atoms with E-state index >= 15 is 0 Å². The van der Waals surface area contributed by atoms with Crippen LogP contribution in [0.3, 0.4) is 0 Å². The smallest absolute Gasteiger partial charge is 0.248 e. The second kappa shape index (κ2) is 6.05. The molecular weight excluding hydrogens is 230 g/mol. The molecule has 0 spiro atoms. The van der Waals surface area contributed by atoms with Gasteiger partial charge < -0.3 is 16.8 Å². The minimum atomic E-state index is -0.578. The third kappa shape index (κ3) is 3.48. The van der Waals surface area contributed by atoms with Gasteiger partial charge in [0.25, 0.3) is 0 Å². The highest BCUT2D eigenvalue weighted by Gasteiger charge is 2.10. The number of primary amides is 2. The van der Waals surface area contributed by atoms with Crippen molar-refractivity contribution in [3.63, 3.8) is 0 Å². The van der Waals surface area contributed by atoms with Crippen LogP contribution in [0.1, 0.15) is 47.4 Å². The number of hydrogen-bond acceptors (Lipinski definition) is 3. The van der Waals surface area contributed by atoms with Gasteiger partial charge in [-0.05, 0) is 31.0 Å². The fraction of sp³-hybridized carbons (Fsp3) is 0.385. The van der Waals surface area contributed by atoms with E-state index in [1.807, 2.05) is 0 Å². The molecule has 5 nitrogen and oxygen atoms in total. The maximum atomic E-state index is 11.2. The Hall–Kier alpha value is -2.04. The molecule has 5 N–H and O–H groups in total. The van der Waals surface area contributed by atoms with Crippen LogP contribution in [0, 0.1) is 0 Å². The van der Waals surface area contributed by atoms with Crippen LogP contribution in [-0.2, 0) is 0 Å². The highest BCUT2D eigenvalue weighted by atomic mass is 16.1. The summed E-state index contributed by atoms with van der Waals surface area (Å²) in [4.78, 5) is 22.4. The molecule has 0 fully saturated rings. The van der Waals surface area contributed by atoms with Crippen molar-refractivity contribution in [2.45, 2.75) is 32.7 Å². The fourth-order valence-corrected chi connectivity index (χ4v) is 1.72. The van der Waals surface area contributed by atoms with E-state index in [2.05, 4.69) is 19.2 Å². The summed E-state index contributed by atoms with van der Waals surface area (Å²) in [7, 11) is 0. The molecule has 1 rings (SSSR count). The van der Waals surface area contributed by atoms with Crippen LogP contribution in [0.25, 0.3) is 0 Å². The lowest BCUT2D eigenvalue weighted by atomic mass is 10.1. The first kappa shape index (κ1) is 14.0. The molecule has 0 unspecified atom stereocenters. The lowest BCUT2D eigenvalue weighted by molar-refractivity contribution is 0.0999. The van der Waals surface area contributed by atoms with Crippen molar-refractivity contribution in [2.24, 2.45) is 11.5 Å². The van der Waals surface area contributed by atoms with E-state index < -0.39 is 11.8 Å². The number of nitrogens with two attached hydrogens (primary N) is 2. The first-order valence-corrected chi connectivity index (χ1v) is 5.99. The second-order valence-corrected chi connectivity index (χ2v) is 4.19. The number of carbonyl (C=O) groups excluding carboxylic acids is 2. The number of nitrogens with one attached hydrogen (secondary N) is 1. The highest BCUT2D eigenvalue weighted by molar-refractivity contribution is 5.99. The van der Waals surface area contributed by atoms with Crippen LogP contribution in [0.5, 0.6) is 0 Å². The predicted molar refractivity (Wildman–Crippen MR) is 71.5 cm³/mol. The van der Waals surface area contributed by atoms with Crippen molar-refractivity contribution in [2.75, 3.05) is 5.32 Å². The van der Waals surface area contributed by atoms with Gasteiger partial charge in [0.1, 0.15) is 0 Å². The number of rotatable bonds is 6. The molecule has 0 aromatic heterocycles. The molecule has 0 aliphatic carbocycles. The van der Waals surface area contributed by atoms with E-state index in [1.54, 1.807) is 12.1 Å². The molecule has 0 heterocycles. The lowest BCUT2D eigenvalue weighted by Crippen LogP contribution is -2.20. The molecule has 5 heteroatoms. The van der Waals surface area contributed by atoms with Gasteiger partial charge in [-0.25, -0.2) is 0 Å². The molecule has 18 heavy (non-hydrogen) atoms. The Morgan fingerprint density at radius 2 is 1.50 bits per heavy atom. The van der Waals surface area contributed by atoms with Gasteiger partial charge in [-0.2, -0.15) is 0 Å². The van der Waals surface area contributed by atoms with Gasteiger partial charge in [-0.15, -0.1) is 0 Å². The Bertz CT molecular complexity index is 421. The molecule has 0 atom stereocenters. The summed E-state index contributed by atoms with van der Waals surface area (Å²) < 4.78 is 0. The summed E-state index contributed by atoms with van der Waals surface area (Å²) >= 11 is 0. The monoisotopic (exact) mass is 249 g/mol. The van der Waals surface area contributed by atoms with Crippen LogP contribution >= 0.6 is 0 Å². The van der Waals surface area contributed by atoms with E-state index in [1.165, 1.54) is 6.07 Å². The van der Waals surface area contributed by atoms with Crippen molar-refractivity contribution in [3.05, 3.63) is 29.3 Å². The largest absolute Gasteiger partial charge is 0.382 e. The third-order valence-electron chi connectivity index (χ3n) is 2.86. The highest BCUT2D eigenvalue weighted by Crippen LogP contribution is 2.17. The standard InChI is InChI=1S/C13H19N3O2/c1-3-10(4-2)16-11-6-8(12(14)17)5-9(7-11)13(15)18/h5-7,10,16H,3-4H2,1-2H3,(H2,14,17)(H2,15,18). The molecule has 98 valence electrons. The van der Waals surface area contributed by atoms with Crippen molar-refractivity contribution in [1.82, 2.24) is 0 Å². The average molecular weight is 249 g/mol. The molecule has 0 saturated heterocycles. The lowest BCUT2D eigenvalue weighted by Gasteiger charge is -2.17. The predicted octanol–water partition coefficient (Wildman–Crippen LogP) is 1.48. The summed E-state index contributed by atoms with van der Waals surface area (Å²) in [5, 5.41) is 3.25. The van der Waals surface area contributed by atoms with Gasteiger partial charge >= 0.3 is 0 Å². The van der Waals surface area contributed by atoms with E-state index in [9.17, 15) is 9.59 Å². The summed E-state index contributed by atoms with van der Waals surface area (Å²) in [6.07, 6.45) is 1.90. The molecule has 0 aliphatic rings. The SMILES string of the molecule is CCC(CC)Nc1cc(C(N)=O)cc(C(N)=O)c1. The van der Waals surface area contributed by atoms with Crippen LogP contribution in [0.4, 0.5) is 5.69 Å². The van der Waals surface area contributed by atoms with Crippen molar-refractivity contribution in [1.29, 1.82) is 0 Å². The molecule has 0 bridgehead atoms. The quantitative estimate of drug-likeness (QED) is 0.712. The molecular formula is C13H19N3O2. The number of amides is 2. The van der Waals surface area contributed by atoms with Crippen LogP contribution in [-0.4, -0.2) is 17.9 Å². The molecule has 1 aromatic rings. The molecule has 2 amide bonds. The molecule has 0 saturated carbocycles.